The fourth-order valence-corrected chi connectivity index (χ4v) is 1.75. The Morgan fingerprint density at radius 2 is 2.06 bits per heavy atom. The molecule has 0 bridgehead atoms. The minimum atomic E-state index is 0.588. The van der Waals surface area contributed by atoms with E-state index in [4.69, 9.17) is 9.94 Å². The van der Waals surface area contributed by atoms with Gasteiger partial charge in [0.25, 0.3) is 0 Å². The third-order valence-electron chi connectivity index (χ3n) is 2.42. The van der Waals surface area contributed by atoms with Gasteiger partial charge >= 0.3 is 0 Å². The van der Waals surface area contributed by atoms with Gasteiger partial charge in [-0.25, -0.2) is 0 Å². The molecule has 0 aliphatic carbocycles. The van der Waals surface area contributed by atoms with Crippen LogP contribution in [0.5, 0.6) is 5.75 Å². The van der Waals surface area contributed by atoms with E-state index >= 15 is 0 Å². The van der Waals surface area contributed by atoms with Crippen LogP contribution in [0.3, 0.4) is 0 Å². The van der Waals surface area contributed by atoms with Crippen LogP contribution in [0.1, 0.15) is 12.5 Å². The molecule has 1 N–H and O–H groups in total. The van der Waals surface area contributed by atoms with E-state index in [9.17, 15) is 0 Å². The first kappa shape index (κ1) is 10.5. The third-order valence-corrected chi connectivity index (χ3v) is 2.42. The summed E-state index contributed by atoms with van der Waals surface area (Å²) in [6.07, 6.45) is 1.41. The molecule has 16 heavy (non-hydrogen) atoms. The molecule has 3 heteroatoms. The third kappa shape index (κ3) is 1.84. The van der Waals surface area contributed by atoms with E-state index in [0.29, 0.717) is 6.61 Å². The molecule has 0 heterocycles. The summed E-state index contributed by atoms with van der Waals surface area (Å²) in [6, 6.07) is 11.8. The molecule has 0 unspecified atom stereocenters. The van der Waals surface area contributed by atoms with E-state index in [2.05, 4.69) is 5.16 Å². The second-order valence-electron chi connectivity index (χ2n) is 3.38. The number of fused-ring (bicyclic) bond motifs is 1. The van der Waals surface area contributed by atoms with Crippen LogP contribution in [0, 0.1) is 0 Å². The van der Waals surface area contributed by atoms with Gasteiger partial charge < -0.3 is 9.94 Å². The van der Waals surface area contributed by atoms with Crippen molar-refractivity contribution in [2.24, 2.45) is 5.16 Å². The summed E-state index contributed by atoms with van der Waals surface area (Å²) < 4.78 is 5.50. The Bertz CT molecular complexity index is 520. The number of hydrogen-bond acceptors (Lipinski definition) is 3. The summed E-state index contributed by atoms with van der Waals surface area (Å²) >= 11 is 0. The monoisotopic (exact) mass is 215 g/mol. The summed E-state index contributed by atoms with van der Waals surface area (Å²) in [7, 11) is 0. The molecule has 0 amide bonds. The Hall–Kier alpha value is -2.03. The quantitative estimate of drug-likeness (QED) is 0.485. The van der Waals surface area contributed by atoms with Gasteiger partial charge in [0.1, 0.15) is 5.75 Å². The molecule has 0 saturated carbocycles. The highest BCUT2D eigenvalue weighted by atomic mass is 16.5. The zero-order valence-corrected chi connectivity index (χ0v) is 9.05. The van der Waals surface area contributed by atoms with Crippen LogP contribution < -0.4 is 4.74 Å². The van der Waals surface area contributed by atoms with Crippen LogP contribution in [0.2, 0.25) is 0 Å². The van der Waals surface area contributed by atoms with E-state index < -0.39 is 0 Å². The lowest BCUT2D eigenvalue weighted by Crippen LogP contribution is -1.97. The Morgan fingerprint density at radius 1 is 1.25 bits per heavy atom. The van der Waals surface area contributed by atoms with E-state index in [1.165, 1.54) is 6.21 Å². The summed E-state index contributed by atoms with van der Waals surface area (Å²) in [5.41, 5.74) is 0.808. The largest absolute Gasteiger partial charge is 0.493 e. The van der Waals surface area contributed by atoms with E-state index in [-0.39, 0.29) is 0 Å². The molecular formula is C13H13NO2. The lowest BCUT2D eigenvalue weighted by atomic mass is 10.0. The lowest BCUT2D eigenvalue weighted by Gasteiger charge is -2.09. The van der Waals surface area contributed by atoms with Crippen molar-refractivity contribution in [3.05, 3.63) is 42.0 Å². The van der Waals surface area contributed by atoms with Gasteiger partial charge in [-0.2, -0.15) is 0 Å². The van der Waals surface area contributed by atoms with Gasteiger partial charge in [0.15, 0.2) is 0 Å². The molecule has 0 aromatic heterocycles. The van der Waals surface area contributed by atoms with Crippen molar-refractivity contribution in [1.29, 1.82) is 0 Å². The number of benzene rings is 2. The Labute approximate surface area is 94.0 Å². The molecule has 0 aliphatic heterocycles. The fraction of sp³-hybridized carbons (Fsp3) is 0.154. The molecule has 82 valence electrons. The predicted octanol–water partition coefficient (Wildman–Crippen LogP) is 3.05. The van der Waals surface area contributed by atoms with Crippen LogP contribution in [0.25, 0.3) is 10.8 Å². The molecule has 2 aromatic carbocycles. The first-order valence-electron chi connectivity index (χ1n) is 5.18. The van der Waals surface area contributed by atoms with Gasteiger partial charge in [0.2, 0.25) is 0 Å². The molecule has 3 nitrogen and oxygen atoms in total. The molecule has 0 saturated heterocycles. The summed E-state index contributed by atoms with van der Waals surface area (Å²) in [6.45, 7) is 2.51. The second kappa shape index (κ2) is 4.66. The maximum absolute atomic E-state index is 8.69. The minimum absolute atomic E-state index is 0.588. The van der Waals surface area contributed by atoms with Gasteiger partial charge in [0, 0.05) is 5.56 Å². The molecule has 0 aliphatic rings. The molecule has 2 aromatic rings. The minimum Gasteiger partial charge on any atom is -0.493 e. The zero-order chi connectivity index (χ0) is 11.4. The number of oxime groups is 1. The van der Waals surface area contributed by atoms with Gasteiger partial charge in [0.05, 0.1) is 12.8 Å². The second-order valence-corrected chi connectivity index (χ2v) is 3.38. The van der Waals surface area contributed by atoms with Crippen LogP contribution in [-0.2, 0) is 0 Å². The van der Waals surface area contributed by atoms with E-state index in [1.807, 2.05) is 43.3 Å². The maximum atomic E-state index is 8.69. The Kier molecular flexibility index (Phi) is 3.05. The van der Waals surface area contributed by atoms with Crippen molar-refractivity contribution in [2.45, 2.75) is 6.92 Å². The molecule has 0 fully saturated rings. The molecule has 2 rings (SSSR count). The summed E-state index contributed by atoms with van der Waals surface area (Å²) in [4.78, 5) is 0. The summed E-state index contributed by atoms with van der Waals surface area (Å²) in [5.74, 6) is 0.735. The Balaban J connectivity index is 2.68. The van der Waals surface area contributed by atoms with Gasteiger partial charge in [-0.1, -0.05) is 35.5 Å². The van der Waals surface area contributed by atoms with Crippen molar-refractivity contribution in [3.8, 4) is 5.75 Å². The normalized spacial score (nSPS) is 11.1. The average Bonchev–Trinajstić information content (AvgIpc) is 2.32. The van der Waals surface area contributed by atoms with Crippen LogP contribution in [0.15, 0.2) is 41.6 Å². The maximum Gasteiger partial charge on any atom is 0.128 e. The summed E-state index contributed by atoms with van der Waals surface area (Å²) in [5, 5.41) is 13.9. The fourth-order valence-electron chi connectivity index (χ4n) is 1.75. The van der Waals surface area contributed by atoms with Gasteiger partial charge in [-0.15, -0.1) is 0 Å². The molecule has 0 atom stereocenters. The van der Waals surface area contributed by atoms with Crippen LogP contribution in [0.4, 0.5) is 0 Å². The SMILES string of the molecule is CCOc1ccc2ccccc2c1C=NO. The standard InChI is InChI=1S/C13H13NO2/c1-2-16-13-8-7-10-5-3-4-6-11(10)12(13)9-14-15/h3-9,15H,2H2,1H3. The highest BCUT2D eigenvalue weighted by molar-refractivity contribution is 6.02. The molecular weight excluding hydrogens is 202 g/mol. The zero-order valence-electron chi connectivity index (χ0n) is 9.05. The van der Waals surface area contributed by atoms with Crippen molar-refractivity contribution in [2.75, 3.05) is 6.61 Å². The lowest BCUT2D eigenvalue weighted by molar-refractivity contribution is 0.320. The van der Waals surface area contributed by atoms with Gasteiger partial charge in [-0.05, 0) is 23.8 Å². The first-order valence-corrected chi connectivity index (χ1v) is 5.18. The number of hydrogen-bond donors (Lipinski definition) is 1. The molecule has 0 radical (unpaired) electrons. The highest BCUT2D eigenvalue weighted by Gasteiger charge is 2.06. The van der Waals surface area contributed by atoms with Crippen molar-refractivity contribution < 1.29 is 9.94 Å². The van der Waals surface area contributed by atoms with E-state index in [1.54, 1.807) is 0 Å². The van der Waals surface area contributed by atoms with Crippen molar-refractivity contribution in [1.82, 2.24) is 0 Å². The molecule has 0 spiro atoms. The predicted molar refractivity (Wildman–Crippen MR) is 64.5 cm³/mol. The van der Waals surface area contributed by atoms with Gasteiger partial charge in [-0.3, -0.25) is 0 Å². The first-order chi connectivity index (χ1) is 7.86. The van der Waals surface area contributed by atoms with Crippen LogP contribution >= 0.6 is 0 Å². The smallest absolute Gasteiger partial charge is 0.128 e. The number of ether oxygens (including phenoxy) is 1. The highest BCUT2D eigenvalue weighted by Crippen LogP contribution is 2.26. The number of rotatable bonds is 3. The average molecular weight is 215 g/mol. The Morgan fingerprint density at radius 3 is 2.81 bits per heavy atom. The van der Waals surface area contributed by atoms with E-state index in [0.717, 1.165) is 22.1 Å². The van der Waals surface area contributed by atoms with Crippen molar-refractivity contribution >= 4 is 17.0 Å². The van der Waals surface area contributed by atoms with Crippen molar-refractivity contribution in [3.63, 3.8) is 0 Å². The topological polar surface area (TPSA) is 41.8 Å². The van der Waals surface area contributed by atoms with Crippen LogP contribution in [-0.4, -0.2) is 18.0 Å². The number of nitrogens with zero attached hydrogens (tertiary/aromatic N) is 1.